The van der Waals surface area contributed by atoms with Crippen molar-refractivity contribution in [1.29, 1.82) is 0 Å². The summed E-state index contributed by atoms with van der Waals surface area (Å²) in [6, 6.07) is 7.78. The van der Waals surface area contributed by atoms with Crippen LogP contribution in [0.2, 0.25) is 5.15 Å². The number of hydrogen-bond donors (Lipinski definition) is 4. The lowest BCUT2D eigenvalue weighted by Crippen LogP contribution is -2.38. The van der Waals surface area contributed by atoms with Crippen LogP contribution in [0, 0.1) is 0 Å². The number of benzene rings is 1. The number of aryl methyl sites for hydroxylation is 1. The predicted molar refractivity (Wildman–Crippen MR) is 131 cm³/mol. The van der Waals surface area contributed by atoms with Gasteiger partial charge in [0.05, 0.1) is 0 Å². The first-order chi connectivity index (χ1) is 15.2. The van der Waals surface area contributed by atoms with Crippen molar-refractivity contribution in [3.05, 3.63) is 40.7 Å². The number of unbranched alkanes of at least 4 members (excludes halogenated alkanes) is 1. The Bertz CT molecular complexity index is 982. The van der Waals surface area contributed by atoms with E-state index in [9.17, 15) is 4.79 Å². The Balaban J connectivity index is 1.77. The van der Waals surface area contributed by atoms with E-state index in [4.69, 9.17) is 40.0 Å². The molecule has 0 unspecified atom stereocenters. The Morgan fingerprint density at radius 3 is 2.56 bits per heavy atom. The van der Waals surface area contributed by atoms with Gasteiger partial charge in [-0.2, -0.15) is 0 Å². The quantitative estimate of drug-likeness (QED) is 0.194. The third-order valence-electron chi connectivity index (χ3n) is 4.22. The first-order valence-corrected chi connectivity index (χ1v) is 10.6. The van der Waals surface area contributed by atoms with Gasteiger partial charge in [0.1, 0.15) is 5.75 Å². The van der Waals surface area contributed by atoms with E-state index in [1.165, 1.54) is 5.56 Å². The fourth-order valence-corrected chi connectivity index (χ4v) is 2.84. The molecule has 0 saturated heterocycles. The number of carbonyl (C=O) groups is 1. The van der Waals surface area contributed by atoms with E-state index in [0.717, 1.165) is 19.3 Å². The summed E-state index contributed by atoms with van der Waals surface area (Å²) in [5, 5.41) is 5.61. The Labute approximate surface area is 197 Å². The van der Waals surface area contributed by atoms with Crippen molar-refractivity contribution in [1.82, 2.24) is 20.2 Å². The summed E-state index contributed by atoms with van der Waals surface area (Å²) >= 11 is 11.1. The van der Waals surface area contributed by atoms with Gasteiger partial charge in [-0.1, -0.05) is 23.7 Å². The molecule has 0 radical (unpaired) electrons. The Hall–Kier alpha value is -3.18. The average molecular weight is 479 g/mol. The normalized spacial score (nSPS) is 11.1. The minimum Gasteiger partial charge on any atom is -0.432 e. The summed E-state index contributed by atoms with van der Waals surface area (Å²) in [6.07, 6.45) is 2.58. The SMILES string of the molecule is CNc1nc(N)c(C(=O)NC(N)=NCCCCc2ccc(OC(=S)N(C)C)cc2)nc1Cl. The Kier molecular flexibility index (Phi) is 9.41. The molecule has 2 rings (SSSR count). The zero-order valence-electron chi connectivity index (χ0n) is 18.2. The zero-order chi connectivity index (χ0) is 23.7. The number of nitrogen functional groups attached to an aromatic ring is 1. The van der Waals surface area contributed by atoms with Gasteiger partial charge in [0.2, 0.25) is 0 Å². The maximum absolute atomic E-state index is 12.3. The first kappa shape index (κ1) is 25.1. The van der Waals surface area contributed by atoms with Crippen LogP contribution in [0.1, 0.15) is 28.9 Å². The minimum atomic E-state index is -0.628. The number of amides is 1. The molecule has 1 heterocycles. The van der Waals surface area contributed by atoms with E-state index < -0.39 is 5.91 Å². The van der Waals surface area contributed by atoms with Gasteiger partial charge in [-0.3, -0.25) is 15.1 Å². The highest BCUT2D eigenvalue weighted by Crippen LogP contribution is 2.19. The summed E-state index contributed by atoms with van der Waals surface area (Å²) in [5.74, 6) is 0.263. The van der Waals surface area contributed by atoms with E-state index in [0.29, 0.717) is 17.5 Å². The molecule has 32 heavy (non-hydrogen) atoms. The molecule has 1 aromatic heterocycles. The number of halogens is 1. The Morgan fingerprint density at radius 2 is 1.94 bits per heavy atom. The van der Waals surface area contributed by atoms with Crippen LogP contribution in [0.5, 0.6) is 5.75 Å². The van der Waals surface area contributed by atoms with Gasteiger partial charge < -0.3 is 26.4 Å². The molecule has 1 amide bonds. The topological polar surface area (TPSA) is 144 Å². The van der Waals surface area contributed by atoms with Crippen LogP contribution in [0.15, 0.2) is 29.3 Å². The maximum Gasteiger partial charge on any atom is 0.280 e. The van der Waals surface area contributed by atoms with Crippen LogP contribution in [0.3, 0.4) is 0 Å². The molecule has 10 nitrogen and oxygen atoms in total. The third-order valence-corrected chi connectivity index (χ3v) is 4.94. The van der Waals surface area contributed by atoms with Crippen LogP contribution in [-0.2, 0) is 6.42 Å². The number of nitrogens with two attached hydrogens (primary N) is 2. The van der Waals surface area contributed by atoms with Crippen LogP contribution >= 0.6 is 23.8 Å². The van der Waals surface area contributed by atoms with Gasteiger partial charge in [-0.05, 0) is 49.2 Å². The van der Waals surface area contributed by atoms with Gasteiger partial charge in [0.25, 0.3) is 11.1 Å². The van der Waals surface area contributed by atoms with Crippen LogP contribution in [0.4, 0.5) is 11.6 Å². The van der Waals surface area contributed by atoms with E-state index >= 15 is 0 Å². The average Bonchev–Trinajstić information content (AvgIpc) is 2.75. The lowest BCUT2D eigenvalue weighted by atomic mass is 10.1. The third kappa shape index (κ3) is 7.50. The van der Waals surface area contributed by atoms with E-state index in [1.807, 2.05) is 38.4 Å². The lowest BCUT2D eigenvalue weighted by molar-refractivity contribution is 0.0972. The standard InChI is InChI=1S/C20H27ClN8O2S/c1-24-17-15(21)26-14(16(22)27-17)18(30)28-19(23)25-11-5-4-6-12-7-9-13(10-8-12)31-20(32)29(2)3/h7-10H,4-6,11H2,1-3H3,(H3,22,24,27)(H3,23,25,28,30). The summed E-state index contributed by atoms with van der Waals surface area (Å²) in [7, 11) is 5.28. The number of nitrogens with zero attached hydrogens (tertiary/aromatic N) is 4. The fraction of sp³-hybridized carbons (Fsp3) is 0.350. The molecular weight excluding hydrogens is 452 g/mol. The summed E-state index contributed by atoms with van der Waals surface area (Å²) in [5.41, 5.74) is 12.6. The molecule has 1 aromatic carbocycles. The Morgan fingerprint density at radius 1 is 1.25 bits per heavy atom. The van der Waals surface area contributed by atoms with Crippen molar-refractivity contribution >= 4 is 52.5 Å². The number of ether oxygens (including phenoxy) is 1. The summed E-state index contributed by atoms with van der Waals surface area (Å²) < 4.78 is 5.55. The number of nitrogens with one attached hydrogen (secondary N) is 2. The zero-order valence-corrected chi connectivity index (χ0v) is 19.8. The molecule has 0 atom stereocenters. The molecule has 0 spiro atoms. The molecule has 12 heteroatoms. The molecule has 0 aliphatic carbocycles. The number of rotatable bonds is 8. The molecular formula is C20H27ClN8O2S. The minimum absolute atomic E-state index is 0.0246. The molecule has 172 valence electrons. The van der Waals surface area contributed by atoms with Crippen LogP contribution < -0.4 is 26.8 Å². The number of hydrogen-bond acceptors (Lipinski definition) is 8. The fourth-order valence-electron chi connectivity index (χ4n) is 2.53. The number of guanidine groups is 1. The van der Waals surface area contributed by atoms with Crippen molar-refractivity contribution < 1.29 is 9.53 Å². The number of thiocarbonyl (C=S) groups is 1. The van der Waals surface area contributed by atoms with Gasteiger partial charge in [-0.25, -0.2) is 9.97 Å². The van der Waals surface area contributed by atoms with Crippen molar-refractivity contribution in [2.45, 2.75) is 19.3 Å². The molecule has 0 aliphatic rings. The molecule has 0 saturated carbocycles. The second-order valence-electron chi connectivity index (χ2n) is 6.93. The van der Waals surface area contributed by atoms with E-state index in [1.54, 1.807) is 11.9 Å². The molecule has 0 bridgehead atoms. The number of aromatic nitrogens is 2. The maximum atomic E-state index is 12.3. The van der Waals surface area contributed by atoms with Crippen LogP contribution in [0.25, 0.3) is 0 Å². The molecule has 0 aliphatic heterocycles. The van der Waals surface area contributed by atoms with Gasteiger partial charge in [0, 0.05) is 27.7 Å². The number of aliphatic imine (C=N–C) groups is 1. The summed E-state index contributed by atoms with van der Waals surface area (Å²) in [4.78, 5) is 26.1. The molecule has 0 fully saturated rings. The number of anilines is 2. The second-order valence-corrected chi connectivity index (χ2v) is 7.64. The van der Waals surface area contributed by atoms with Gasteiger partial charge in [0.15, 0.2) is 28.4 Å². The largest absolute Gasteiger partial charge is 0.432 e. The van der Waals surface area contributed by atoms with Crippen LogP contribution in [-0.4, -0.2) is 59.6 Å². The highest BCUT2D eigenvalue weighted by Gasteiger charge is 2.17. The van der Waals surface area contributed by atoms with Crippen molar-refractivity contribution in [3.63, 3.8) is 0 Å². The highest BCUT2D eigenvalue weighted by atomic mass is 35.5. The number of carbonyl (C=O) groups excluding carboxylic acids is 1. The van der Waals surface area contributed by atoms with Crippen molar-refractivity contribution in [3.8, 4) is 5.75 Å². The second kappa shape index (κ2) is 12.0. The molecule has 2 aromatic rings. The monoisotopic (exact) mass is 478 g/mol. The van der Waals surface area contributed by atoms with E-state index in [-0.39, 0.29) is 28.4 Å². The van der Waals surface area contributed by atoms with E-state index in [2.05, 4.69) is 25.6 Å². The predicted octanol–water partition coefficient (Wildman–Crippen LogP) is 2.05. The van der Waals surface area contributed by atoms with Crippen molar-refractivity contribution in [2.24, 2.45) is 10.7 Å². The summed E-state index contributed by atoms with van der Waals surface area (Å²) in [6.45, 7) is 0.463. The smallest absolute Gasteiger partial charge is 0.280 e. The first-order valence-electron chi connectivity index (χ1n) is 9.81. The molecule has 6 N–H and O–H groups in total. The van der Waals surface area contributed by atoms with Gasteiger partial charge in [-0.15, -0.1) is 0 Å². The lowest BCUT2D eigenvalue weighted by Gasteiger charge is -2.14. The van der Waals surface area contributed by atoms with Crippen molar-refractivity contribution in [2.75, 3.05) is 38.7 Å². The highest BCUT2D eigenvalue weighted by molar-refractivity contribution is 7.80. The van der Waals surface area contributed by atoms with Gasteiger partial charge >= 0.3 is 0 Å².